The first-order chi connectivity index (χ1) is 18.3. The van der Waals surface area contributed by atoms with Gasteiger partial charge >= 0.3 is 6.03 Å². The van der Waals surface area contributed by atoms with E-state index >= 15 is 0 Å². The number of non-ortho nitro benzene ring substituents is 1. The third-order valence-electron chi connectivity index (χ3n) is 5.70. The molecule has 0 radical (unpaired) electrons. The van der Waals surface area contributed by atoms with Crippen molar-refractivity contribution in [3.8, 4) is 11.5 Å². The second-order valence-corrected chi connectivity index (χ2v) is 8.21. The van der Waals surface area contributed by atoms with Crippen molar-refractivity contribution >= 4 is 35.3 Å². The summed E-state index contributed by atoms with van der Waals surface area (Å²) in [6.45, 7) is 4.09. The molecule has 0 spiro atoms. The Morgan fingerprint density at radius 3 is 2.39 bits per heavy atom. The summed E-state index contributed by atoms with van der Waals surface area (Å²) >= 11 is 0. The minimum atomic E-state index is -0.958. The fourth-order valence-corrected chi connectivity index (χ4v) is 3.90. The number of rotatable bonds is 9. The molecule has 1 aliphatic heterocycles. The number of amides is 4. The Balaban J connectivity index is 1.69. The number of hydrogen-bond donors (Lipinski definition) is 1. The van der Waals surface area contributed by atoms with Crippen molar-refractivity contribution in [2.24, 2.45) is 0 Å². The quantitative estimate of drug-likeness (QED) is 0.146. The number of anilines is 1. The predicted molar refractivity (Wildman–Crippen MR) is 140 cm³/mol. The average molecular weight is 514 g/mol. The minimum Gasteiger partial charge on any atom is -0.493 e. The van der Waals surface area contributed by atoms with Gasteiger partial charge in [0.2, 0.25) is 0 Å². The van der Waals surface area contributed by atoms with Gasteiger partial charge in [0.1, 0.15) is 12.2 Å². The van der Waals surface area contributed by atoms with Gasteiger partial charge in [-0.05, 0) is 47.9 Å². The van der Waals surface area contributed by atoms with Crippen molar-refractivity contribution in [3.05, 3.63) is 112 Å². The maximum absolute atomic E-state index is 13.2. The van der Waals surface area contributed by atoms with Gasteiger partial charge in [0.15, 0.2) is 11.5 Å². The first-order valence-corrected chi connectivity index (χ1v) is 11.5. The van der Waals surface area contributed by atoms with Crippen LogP contribution in [0.25, 0.3) is 6.08 Å². The number of hydrogen-bond acceptors (Lipinski definition) is 7. The van der Waals surface area contributed by atoms with Gasteiger partial charge in [0.25, 0.3) is 17.5 Å². The van der Waals surface area contributed by atoms with Crippen molar-refractivity contribution < 1.29 is 28.8 Å². The van der Waals surface area contributed by atoms with Crippen molar-refractivity contribution in [2.75, 3.05) is 12.0 Å². The van der Waals surface area contributed by atoms with Crippen LogP contribution in [0.15, 0.2) is 85.0 Å². The van der Waals surface area contributed by atoms with E-state index in [2.05, 4.69) is 11.9 Å². The monoisotopic (exact) mass is 513 g/mol. The van der Waals surface area contributed by atoms with Gasteiger partial charge < -0.3 is 9.47 Å². The summed E-state index contributed by atoms with van der Waals surface area (Å²) in [7, 11) is 1.48. The first kappa shape index (κ1) is 25.8. The zero-order valence-corrected chi connectivity index (χ0v) is 20.4. The predicted octanol–water partition coefficient (Wildman–Crippen LogP) is 4.58. The van der Waals surface area contributed by atoms with Crippen molar-refractivity contribution in [1.82, 2.24) is 5.32 Å². The standard InChI is InChI=1S/C28H23N3O7/c1-3-7-20-14-19(16-24(37-2)25(20)38-17-18-8-5-4-6-9-18)15-23-26(32)29-28(34)30(27(23)33)21-10-12-22(13-11-21)31(35)36/h3-6,8-16H,1,7,17H2,2H3,(H,29,32,34)/b23-15+. The lowest BCUT2D eigenvalue weighted by atomic mass is 10.0. The highest BCUT2D eigenvalue weighted by Crippen LogP contribution is 2.35. The van der Waals surface area contributed by atoms with Crippen LogP contribution in [-0.4, -0.2) is 29.9 Å². The maximum atomic E-state index is 13.2. The second kappa shape index (κ2) is 11.2. The molecular weight excluding hydrogens is 490 g/mol. The summed E-state index contributed by atoms with van der Waals surface area (Å²) in [5.41, 5.74) is 1.71. The Morgan fingerprint density at radius 2 is 1.76 bits per heavy atom. The summed E-state index contributed by atoms with van der Waals surface area (Å²) in [6.07, 6.45) is 3.46. The van der Waals surface area contributed by atoms with Crippen molar-refractivity contribution in [1.29, 1.82) is 0 Å². The Hall–Kier alpha value is -5.25. The van der Waals surface area contributed by atoms with E-state index < -0.39 is 22.8 Å². The van der Waals surface area contributed by atoms with E-state index in [1.54, 1.807) is 18.2 Å². The molecule has 1 fully saturated rings. The fourth-order valence-electron chi connectivity index (χ4n) is 3.90. The van der Waals surface area contributed by atoms with Gasteiger partial charge in [-0.1, -0.05) is 36.4 Å². The van der Waals surface area contributed by atoms with Crippen LogP contribution in [0.2, 0.25) is 0 Å². The first-order valence-electron chi connectivity index (χ1n) is 11.5. The second-order valence-electron chi connectivity index (χ2n) is 8.21. The third-order valence-corrected chi connectivity index (χ3v) is 5.70. The van der Waals surface area contributed by atoms with Crippen LogP contribution in [-0.2, 0) is 22.6 Å². The Labute approximate surface area is 217 Å². The number of ether oxygens (including phenoxy) is 2. The van der Waals surface area contributed by atoms with Crippen LogP contribution < -0.4 is 19.7 Å². The molecule has 10 heteroatoms. The van der Waals surface area contributed by atoms with Gasteiger partial charge in [-0.3, -0.25) is 25.0 Å². The molecule has 1 aliphatic rings. The van der Waals surface area contributed by atoms with E-state index in [1.807, 2.05) is 30.3 Å². The Bertz CT molecular complexity index is 1450. The number of carbonyl (C=O) groups is 3. The smallest absolute Gasteiger partial charge is 0.335 e. The number of nitrogens with zero attached hydrogens (tertiary/aromatic N) is 2. The number of allylic oxidation sites excluding steroid dienone is 1. The van der Waals surface area contributed by atoms with Crippen LogP contribution in [0.1, 0.15) is 16.7 Å². The molecule has 0 aromatic heterocycles. The molecule has 4 rings (SSSR count). The summed E-state index contributed by atoms with van der Waals surface area (Å²) in [5, 5.41) is 13.1. The summed E-state index contributed by atoms with van der Waals surface area (Å²) in [6, 6.07) is 16.8. The molecule has 192 valence electrons. The lowest BCUT2D eigenvalue weighted by Crippen LogP contribution is -2.54. The average Bonchev–Trinajstić information content (AvgIpc) is 2.91. The maximum Gasteiger partial charge on any atom is 0.335 e. The number of nitrogens with one attached hydrogen (secondary N) is 1. The minimum absolute atomic E-state index is 0.0751. The molecule has 3 aromatic carbocycles. The van der Waals surface area contributed by atoms with Crippen LogP contribution in [0, 0.1) is 10.1 Å². The number of imide groups is 2. The van der Waals surface area contributed by atoms with E-state index in [4.69, 9.17) is 9.47 Å². The molecule has 0 saturated carbocycles. The van der Waals surface area contributed by atoms with Gasteiger partial charge in [-0.15, -0.1) is 6.58 Å². The number of barbiturate groups is 1. The molecule has 10 nitrogen and oxygen atoms in total. The SMILES string of the molecule is C=CCc1cc(/C=C2\C(=O)NC(=O)N(c3ccc([N+](=O)[O-])cc3)C2=O)cc(OC)c1OCc1ccccc1. The number of carbonyl (C=O) groups excluding carboxylic acids is 3. The molecule has 38 heavy (non-hydrogen) atoms. The van der Waals surface area contributed by atoms with Crippen molar-refractivity contribution in [2.45, 2.75) is 13.0 Å². The van der Waals surface area contributed by atoms with Gasteiger partial charge in [0, 0.05) is 17.7 Å². The molecule has 4 amide bonds. The molecule has 0 atom stereocenters. The van der Waals surface area contributed by atoms with E-state index in [9.17, 15) is 24.5 Å². The topological polar surface area (TPSA) is 128 Å². The van der Waals surface area contributed by atoms with Crippen LogP contribution in [0.5, 0.6) is 11.5 Å². The number of methoxy groups -OCH3 is 1. The summed E-state index contributed by atoms with van der Waals surface area (Å²) in [4.78, 5) is 49.4. The lowest BCUT2D eigenvalue weighted by molar-refractivity contribution is -0.384. The highest BCUT2D eigenvalue weighted by molar-refractivity contribution is 6.39. The normalized spacial score (nSPS) is 14.3. The molecule has 0 bridgehead atoms. The van der Waals surface area contributed by atoms with Crippen LogP contribution >= 0.6 is 0 Å². The van der Waals surface area contributed by atoms with E-state index in [1.165, 1.54) is 25.3 Å². The zero-order valence-electron chi connectivity index (χ0n) is 20.4. The fraction of sp³-hybridized carbons (Fsp3) is 0.107. The number of benzene rings is 3. The molecule has 1 N–H and O–H groups in total. The molecule has 0 aliphatic carbocycles. The highest BCUT2D eigenvalue weighted by Gasteiger charge is 2.37. The highest BCUT2D eigenvalue weighted by atomic mass is 16.6. The molecule has 1 heterocycles. The van der Waals surface area contributed by atoms with Gasteiger partial charge in [-0.2, -0.15) is 0 Å². The van der Waals surface area contributed by atoms with Crippen LogP contribution in [0.4, 0.5) is 16.2 Å². The van der Waals surface area contributed by atoms with E-state index in [-0.39, 0.29) is 16.9 Å². The number of nitro groups is 1. The lowest BCUT2D eigenvalue weighted by Gasteiger charge is -2.26. The van der Waals surface area contributed by atoms with E-state index in [0.717, 1.165) is 22.6 Å². The third kappa shape index (κ3) is 5.44. The summed E-state index contributed by atoms with van der Waals surface area (Å²) in [5.74, 6) is -0.854. The molecule has 3 aromatic rings. The molecule has 1 saturated heterocycles. The Morgan fingerprint density at radius 1 is 1.05 bits per heavy atom. The zero-order chi connectivity index (χ0) is 27.2. The summed E-state index contributed by atoms with van der Waals surface area (Å²) < 4.78 is 11.6. The van der Waals surface area contributed by atoms with E-state index in [0.29, 0.717) is 35.7 Å². The Kier molecular flexibility index (Phi) is 7.62. The van der Waals surface area contributed by atoms with Crippen molar-refractivity contribution in [3.63, 3.8) is 0 Å². The number of urea groups is 1. The largest absolute Gasteiger partial charge is 0.493 e. The van der Waals surface area contributed by atoms with Gasteiger partial charge in [-0.25, -0.2) is 9.69 Å². The van der Waals surface area contributed by atoms with Crippen LogP contribution in [0.3, 0.4) is 0 Å². The number of nitro benzene ring substituents is 1. The van der Waals surface area contributed by atoms with Gasteiger partial charge in [0.05, 0.1) is 17.7 Å². The molecular formula is C28H23N3O7. The molecule has 0 unspecified atom stereocenters.